The molecule has 3 N–H and O–H groups in total. The Bertz CT molecular complexity index is 936. The molecule has 0 spiro atoms. The van der Waals surface area contributed by atoms with Crippen LogP contribution in [-0.2, 0) is 11.2 Å². The van der Waals surface area contributed by atoms with Crippen LogP contribution in [0.3, 0.4) is 0 Å². The van der Waals surface area contributed by atoms with E-state index in [1.165, 1.54) is 19.3 Å². The molecule has 0 aliphatic heterocycles. The third-order valence-corrected chi connectivity index (χ3v) is 6.06. The summed E-state index contributed by atoms with van der Waals surface area (Å²) in [6, 6.07) is 13.8. The number of aliphatic hydroxyl groups excluding tert-OH is 1. The highest BCUT2D eigenvalue weighted by Crippen LogP contribution is 2.33. The number of carbonyl (C=O) groups excluding carboxylic acids is 2. The fraction of sp³-hybridized carbons (Fsp3) is 0.481. The largest absolute Gasteiger partial charge is 0.494 e. The Morgan fingerprint density at radius 2 is 1.68 bits per heavy atom. The topological polar surface area (TPSA) is 96.9 Å². The molecule has 7 heteroatoms. The lowest BCUT2D eigenvalue weighted by atomic mass is 10.0. The van der Waals surface area contributed by atoms with E-state index in [-0.39, 0.29) is 25.0 Å². The second-order valence-corrected chi connectivity index (χ2v) is 9.16. The number of hydrogen-bond acceptors (Lipinski definition) is 5. The first-order valence-corrected chi connectivity index (χ1v) is 12.3. The first kappa shape index (κ1) is 24.1. The molecule has 4 rings (SSSR count). The lowest BCUT2D eigenvalue weighted by Gasteiger charge is -2.19. The van der Waals surface area contributed by atoms with Gasteiger partial charge < -0.3 is 25.2 Å². The summed E-state index contributed by atoms with van der Waals surface area (Å²) in [6.07, 6.45) is 7.80. The van der Waals surface area contributed by atoms with Gasteiger partial charge in [0.1, 0.15) is 17.5 Å². The summed E-state index contributed by atoms with van der Waals surface area (Å²) in [5.41, 5.74) is 1.36. The van der Waals surface area contributed by atoms with Crippen LogP contribution in [0.4, 0.5) is 0 Å². The molecule has 0 radical (unpaired) electrons. The van der Waals surface area contributed by atoms with Crippen molar-refractivity contribution in [1.82, 2.24) is 10.6 Å². The molecule has 2 aromatic carbocycles. The molecule has 2 aliphatic rings. The predicted octanol–water partition coefficient (Wildman–Crippen LogP) is 3.25. The molecule has 34 heavy (non-hydrogen) atoms. The van der Waals surface area contributed by atoms with Gasteiger partial charge in [0.25, 0.3) is 5.91 Å². The Morgan fingerprint density at radius 3 is 2.32 bits per heavy atom. The van der Waals surface area contributed by atoms with Crippen LogP contribution in [0.2, 0.25) is 0 Å². The average molecular weight is 467 g/mol. The van der Waals surface area contributed by atoms with Crippen LogP contribution in [-0.4, -0.2) is 48.8 Å². The van der Waals surface area contributed by atoms with Crippen LogP contribution in [0, 0.1) is 5.92 Å². The highest BCUT2D eigenvalue weighted by atomic mass is 16.5. The van der Waals surface area contributed by atoms with Crippen LogP contribution in [0.25, 0.3) is 0 Å². The Balaban J connectivity index is 1.32. The first-order chi connectivity index (χ1) is 16.6. The van der Waals surface area contributed by atoms with Crippen LogP contribution in [0.1, 0.15) is 54.4 Å². The van der Waals surface area contributed by atoms with Crippen molar-refractivity contribution in [3.63, 3.8) is 0 Å². The van der Waals surface area contributed by atoms with Gasteiger partial charge in [0, 0.05) is 18.5 Å². The Labute approximate surface area is 200 Å². The summed E-state index contributed by atoms with van der Waals surface area (Å²) in [4.78, 5) is 25.5. The molecule has 7 nitrogen and oxygen atoms in total. The second-order valence-electron chi connectivity index (χ2n) is 9.16. The van der Waals surface area contributed by atoms with Crippen molar-refractivity contribution in [2.45, 2.75) is 57.1 Å². The van der Waals surface area contributed by atoms with Gasteiger partial charge in [-0.2, -0.15) is 0 Å². The standard InChI is InChI=1S/C27H34N2O5/c30-16-15-28-27(32)25(18-20-5-9-23(10-6-20)34-24-13-14-24)29-26(31)21-7-11-22(12-8-21)33-17-1-2-19-3-4-19/h5-12,19,24-25,30H,1-4,13-18H2,(H,28,32)(H,29,31). The van der Waals surface area contributed by atoms with Crippen LogP contribution >= 0.6 is 0 Å². The molecule has 2 fully saturated rings. The summed E-state index contributed by atoms with van der Waals surface area (Å²) in [6.45, 7) is 0.646. The quantitative estimate of drug-likeness (QED) is 0.372. The molecule has 2 aliphatic carbocycles. The minimum Gasteiger partial charge on any atom is -0.494 e. The minimum absolute atomic E-state index is 0.131. The van der Waals surface area contributed by atoms with Gasteiger partial charge in [-0.3, -0.25) is 9.59 Å². The summed E-state index contributed by atoms with van der Waals surface area (Å²) in [7, 11) is 0. The lowest BCUT2D eigenvalue weighted by molar-refractivity contribution is -0.123. The molecule has 1 atom stereocenters. The number of aliphatic hydroxyl groups is 1. The molecule has 0 heterocycles. The van der Waals surface area contributed by atoms with Crippen molar-refractivity contribution in [2.75, 3.05) is 19.8 Å². The van der Waals surface area contributed by atoms with E-state index in [9.17, 15) is 9.59 Å². The molecular formula is C27H34N2O5. The number of carbonyl (C=O) groups is 2. The Hall–Kier alpha value is -3.06. The maximum absolute atomic E-state index is 12.9. The summed E-state index contributed by atoms with van der Waals surface area (Å²) in [5, 5.41) is 14.6. The van der Waals surface area contributed by atoms with Crippen molar-refractivity contribution in [1.29, 1.82) is 0 Å². The average Bonchev–Trinajstić information content (AvgIpc) is 3.78. The maximum Gasteiger partial charge on any atom is 0.251 e. The van der Waals surface area contributed by atoms with E-state index >= 15 is 0 Å². The molecule has 1 unspecified atom stereocenters. The normalized spacial score (nSPS) is 15.9. The van der Waals surface area contributed by atoms with E-state index in [0.29, 0.717) is 24.7 Å². The number of hydrogen-bond donors (Lipinski definition) is 3. The van der Waals surface area contributed by atoms with Crippen molar-refractivity contribution < 1.29 is 24.2 Å². The minimum atomic E-state index is -0.771. The van der Waals surface area contributed by atoms with Crippen LogP contribution in [0.15, 0.2) is 48.5 Å². The fourth-order valence-corrected chi connectivity index (χ4v) is 3.74. The zero-order chi connectivity index (χ0) is 23.8. The first-order valence-electron chi connectivity index (χ1n) is 12.3. The van der Waals surface area contributed by atoms with Crippen molar-refractivity contribution in [3.8, 4) is 11.5 Å². The third-order valence-electron chi connectivity index (χ3n) is 6.06. The van der Waals surface area contributed by atoms with E-state index in [2.05, 4.69) is 10.6 Å². The zero-order valence-corrected chi connectivity index (χ0v) is 19.5. The van der Waals surface area contributed by atoms with Gasteiger partial charge in [-0.1, -0.05) is 25.0 Å². The highest BCUT2D eigenvalue weighted by molar-refractivity contribution is 5.97. The van der Waals surface area contributed by atoms with E-state index in [4.69, 9.17) is 14.6 Å². The molecule has 2 amide bonds. The van der Waals surface area contributed by atoms with E-state index in [1.807, 2.05) is 24.3 Å². The summed E-state index contributed by atoms with van der Waals surface area (Å²) >= 11 is 0. The van der Waals surface area contributed by atoms with Crippen molar-refractivity contribution >= 4 is 11.8 Å². The van der Waals surface area contributed by atoms with Gasteiger partial charge in [0.2, 0.25) is 5.91 Å². The Morgan fingerprint density at radius 1 is 0.971 bits per heavy atom. The summed E-state index contributed by atoms with van der Waals surface area (Å²) in [5.74, 6) is 1.77. The van der Waals surface area contributed by atoms with Crippen LogP contribution in [0.5, 0.6) is 11.5 Å². The molecule has 0 bridgehead atoms. The van der Waals surface area contributed by atoms with Gasteiger partial charge in [0.15, 0.2) is 0 Å². The highest BCUT2D eigenvalue weighted by Gasteiger charge is 2.24. The molecular weight excluding hydrogens is 432 g/mol. The predicted molar refractivity (Wildman–Crippen MR) is 129 cm³/mol. The van der Waals surface area contributed by atoms with Crippen molar-refractivity contribution in [3.05, 3.63) is 59.7 Å². The van der Waals surface area contributed by atoms with Gasteiger partial charge >= 0.3 is 0 Å². The third kappa shape index (κ3) is 7.76. The number of nitrogens with one attached hydrogen (secondary N) is 2. The monoisotopic (exact) mass is 466 g/mol. The van der Waals surface area contributed by atoms with Gasteiger partial charge in [-0.05, 0) is 73.6 Å². The van der Waals surface area contributed by atoms with Gasteiger partial charge in [-0.15, -0.1) is 0 Å². The molecule has 182 valence electrons. The summed E-state index contributed by atoms with van der Waals surface area (Å²) < 4.78 is 11.5. The van der Waals surface area contributed by atoms with E-state index in [0.717, 1.165) is 42.2 Å². The van der Waals surface area contributed by atoms with Crippen LogP contribution < -0.4 is 20.1 Å². The smallest absolute Gasteiger partial charge is 0.251 e. The number of ether oxygens (including phenoxy) is 2. The maximum atomic E-state index is 12.9. The van der Waals surface area contributed by atoms with Crippen molar-refractivity contribution in [2.24, 2.45) is 5.92 Å². The molecule has 2 saturated carbocycles. The fourth-order valence-electron chi connectivity index (χ4n) is 3.74. The van der Waals surface area contributed by atoms with Gasteiger partial charge in [0.05, 0.1) is 19.3 Å². The molecule has 2 aromatic rings. The molecule has 0 saturated heterocycles. The number of amides is 2. The van der Waals surface area contributed by atoms with Gasteiger partial charge in [-0.25, -0.2) is 0 Å². The number of benzene rings is 2. The molecule has 0 aromatic heterocycles. The second kappa shape index (κ2) is 11.9. The van der Waals surface area contributed by atoms with E-state index in [1.54, 1.807) is 24.3 Å². The SMILES string of the molecule is O=C(NC(Cc1ccc(OC2CC2)cc1)C(=O)NCCO)c1ccc(OCCCC2CC2)cc1. The zero-order valence-electron chi connectivity index (χ0n) is 19.5. The lowest BCUT2D eigenvalue weighted by Crippen LogP contribution is -2.48. The van der Waals surface area contributed by atoms with E-state index < -0.39 is 6.04 Å². The Kier molecular flexibility index (Phi) is 8.41. The number of rotatable bonds is 14.